The molecule has 23 rings (SSSR count). The Morgan fingerprint density at radius 3 is 1.01 bits per heavy atom. The third-order valence-corrected chi connectivity index (χ3v) is 33.9. The van der Waals surface area contributed by atoms with Crippen molar-refractivity contribution < 1.29 is 64.5 Å². The summed E-state index contributed by atoms with van der Waals surface area (Å²) in [5, 5.41) is 0.337. The normalized spacial score (nSPS) is 23.1. The third kappa shape index (κ3) is 24.3. The van der Waals surface area contributed by atoms with E-state index in [0.29, 0.717) is 124 Å². The largest absolute Gasteiger partial charge is 0.493 e. The lowest BCUT2D eigenvalue weighted by Crippen LogP contribution is -2.49. The fourth-order valence-corrected chi connectivity index (χ4v) is 26.5. The van der Waals surface area contributed by atoms with Gasteiger partial charge in [0.05, 0.1) is 54.6 Å². The van der Waals surface area contributed by atoms with E-state index in [9.17, 15) is 40.8 Å². The Balaban J connectivity index is 0.000000117. The van der Waals surface area contributed by atoms with Crippen LogP contribution >= 0.6 is 11.6 Å². The molecule has 0 saturated carbocycles. The summed E-state index contributed by atoms with van der Waals surface area (Å²) >= 11 is 5.85. The van der Waals surface area contributed by atoms with Crippen molar-refractivity contribution in [2.24, 2.45) is 29.6 Å². The van der Waals surface area contributed by atoms with E-state index in [1.54, 1.807) is 114 Å². The first-order chi connectivity index (χ1) is 72.4. The summed E-state index contributed by atoms with van der Waals surface area (Å²) in [6.07, 6.45) is 30.4. The number of para-hydroxylation sites is 1. The zero-order valence-electron chi connectivity index (χ0n) is 85.2. The maximum atomic E-state index is 14.2. The lowest BCUT2D eigenvalue weighted by molar-refractivity contribution is 0.0398. The van der Waals surface area contributed by atoms with Crippen molar-refractivity contribution in [1.82, 2.24) is 53.8 Å². The zero-order chi connectivity index (χ0) is 103. The number of halogens is 4. The van der Waals surface area contributed by atoms with E-state index in [1.807, 2.05) is 167 Å². The van der Waals surface area contributed by atoms with Gasteiger partial charge in [-0.25, -0.2) is 51.5 Å². The number of piperidine rings is 5. The number of carbonyl (C=O) groups excluding carboxylic acids is 4. The Kier molecular flexibility index (Phi) is 33.1. The topological polar surface area (TPSA) is 242 Å². The molecule has 15 atom stereocenters. The summed E-state index contributed by atoms with van der Waals surface area (Å²) in [5.74, 6) is 5.66. The van der Waals surface area contributed by atoms with E-state index < -0.39 is 15.8 Å². The fourth-order valence-electron chi connectivity index (χ4n) is 24.3. The number of fused-ring (bicyclic) bond motifs is 10. The average Bonchev–Trinajstić information content (AvgIpc) is 1.59. The number of benzene rings is 10. The van der Waals surface area contributed by atoms with E-state index in [1.165, 1.54) is 35.9 Å². The monoisotopic (exact) mass is 2050 g/mol. The molecular weight excluding hydrogens is 1920 g/mol. The van der Waals surface area contributed by atoms with Crippen LogP contribution in [0.2, 0.25) is 5.02 Å². The number of aromatic nitrogens is 6. The molecule has 10 aromatic carbocycles. The van der Waals surface area contributed by atoms with Crippen molar-refractivity contribution >= 4 is 45.3 Å². The Morgan fingerprint density at radius 2 is 0.624 bits per heavy atom. The van der Waals surface area contributed by atoms with Crippen LogP contribution in [-0.4, -0.2) is 179 Å². The quantitative estimate of drug-likeness (QED) is 0.0546. The van der Waals surface area contributed by atoms with Crippen LogP contribution in [0.1, 0.15) is 203 Å². The summed E-state index contributed by atoms with van der Waals surface area (Å²) in [6.45, 7) is 14.7. The van der Waals surface area contributed by atoms with Gasteiger partial charge in [0, 0.05) is 154 Å². The molecule has 10 unspecified atom stereocenters. The molecule has 13 aromatic rings. The Labute approximate surface area is 876 Å². The van der Waals surface area contributed by atoms with Crippen LogP contribution in [0, 0.1) is 88.6 Å². The molecule has 0 aliphatic carbocycles. The lowest BCUT2D eigenvalue weighted by Gasteiger charge is -2.40. The number of hydrogen-bond acceptors (Lipinski definition) is 17. The number of ether oxygens (including phenoxy) is 5. The Bertz CT molecular complexity index is 6940. The molecule has 22 nitrogen and oxygen atoms in total. The molecule has 149 heavy (non-hydrogen) atoms. The predicted octanol–water partition coefficient (Wildman–Crippen LogP) is 24.6. The van der Waals surface area contributed by atoms with Crippen LogP contribution < -0.4 is 23.7 Å². The smallest absolute Gasteiger partial charge is 0.255 e. The van der Waals surface area contributed by atoms with Crippen molar-refractivity contribution in [3.8, 4) is 62.9 Å². The van der Waals surface area contributed by atoms with Crippen molar-refractivity contribution in [3.63, 3.8) is 0 Å². The Morgan fingerprint density at radius 1 is 0.302 bits per heavy atom. The molecule has 27 heteroatoms. The number of aryl methyl sites for hydroxylation is 6. The zero-order valence-corrected chi connectivity index (χ0v) is 86.8. The van der Waals surface area contributed by atoms with Crippen LogP contribution in [0.25, 0.3) is 34.2 Å². The number of sulfonamides is 1. The second-order valence-corrected chi connectivity index (χ2v) is 43.9. The van der Waals surface area contributed by atoms with E-state index in [2.05, 4.69) is 63.7 Å². The van der Waals surface area contributed by atoms with Crippen molar-refractivity contribution in [2.75, 3.05) is 33.0 Å². The van der Waals surface area contributed by atoms with Gasteiger partial charge < -0.3 is 43.3 Å². The maximum Gasteiger partial charge on any atom is 0.255 e. The number of rotatable bonds is 24. The van der Waals surface area contributed by atoms with Crippen LogP contribution in [0.3, 0.4) is 0 Å². The first-order valence-corrected chi connectivity index (χ1v) is 54.5. The standard InChI is InChI=1S/C27H29N3O2.C26H25ClFN3O2.C26H27N3O2.C22H24FNO2.C21H24FNO3S/c1-18-4-10-22(11-5-18)32-17-20-7-8-21-9-13-25(20)30(21)27(31)24-16-19(2)6-12-23(24)26-28-14-3-15-29-26;1-16-3-8-20(25-29-11-2-12-30-25)21(13-16)26(32)31-19-6-4-17(23(31)9-7-19)15-33-24-10-5-18(27)14-22(24)28;1-18-8-12-22(25-27-14-5-15-28-25)23(16-18)26(30)29-20-10-9-19(24(29)13-11-20)17-31-21-6-3-2-4-7-21;1-15-3-2-4-16(13-15)22(25)24-19-8-5-17(21(24)12-9-19)14-26-20-10-6-18(23)7-11-20;1-15-3-2-4-20(13-15)27(24,25)23-18-8-5-16(21(23)12-9-18)14-26-19-10-6-17(22)7-11-19/h3-6,10-12,14-16,20-21,25H,7-9,13,17H2,1-2H3;2-3,5,8,10-14,17,19,23H,4,6-7,9,15H2,1H3;2-8,12,14-16,19-20,24H,9-11,13,17H2,1H3;2-4,6-7,10-11,13,17,19,21H,5,8-9,12,14H2,1H3;2-4,6-7,10-11,13,16,18,21H,5,8-9,12,14H2,1H3/t20?,21-,25?;17?,19-,23?;19?,20-,24?;17-,19?,21?;16-,18?,21?/m11111/s1. The van der Waals surface area contributed by atoms with Gasteiger partial charge in [-0.1, -0.05) is 130 Å². The average molecular weight is 2050 g/mol. The van der Waals surface area contributed by atoms with Crippen LogP contribution in [-0.2, 0) is 10.0 Å². The summed E-state index contributed by atoms with van der Waals surface area (Å²) < 4.78 is 98.4. The number of nitrogens with zero attached hydrogens (tertiary/aromatic N) is 11. The number of carbonyl (C=O) groups is 4. The third-order valence-electron chi connectivity index (χ3n) is 31.7. The second-order valence-electron chi connectivity index (χ2n) is 41.6. The molecule has 772 valence electrons. The first kappa shape index (κ1) is 104. The molecule has 4 amide bonds. The molecule has 10 saturated heterocycles. The summed E-state index contributed by atoms with van der Waals surface area (Å²) in [6, 6.07) is 74.8. The highest BCUT2D eigenvalue weighted by molar-refractivity contribution is 7.89. The Hall–Kier alpha value is -13.7. The van der Waals surface area contributed by atoms with E-state index in [0.717, 1.165) is 190 Å². The molecule has 10 aliphatic heterocycles. The molecule has 10 bridgehead atoms. The van der Waals surface area contributed by atoms with Gasteiger partial charge in [-0.05, 0) is 327 Å². The van der Waals surface area contributed by atoms with Gasteiger partial charge in [0.15, 0.2) is 29.0 Å². The van der Waals surface area contributed by atoms with E-state index >= 15 is 0 Å². The number of hydrogen-bond donors (Lipinski definition) is 0. The van der Waals surface area contributed by atoms with Gasteiger partial charge in [0.1, 0.15) is 34.6 Å². The van der Waals surface area contributed by atoms with Crippen LogP contribution in [0.4, 0.5) is 13.2 Å². The highest BCUT2D eigenvalue weighted by atomic mass is 35.5. The van der Waals surface area contributed by atoms with E-state index in [-0.39, 0.29) is 95.1 Å². The van der Waals surface area contributed by atoms with Crippen LogP contribution in [0.15, 0.2) is 285 Å². The van der Waals surface area contributed by atoms with Crippen molar-refractivity contribution in [1.29, 1.82) is 0 Å². The van der Waals surface area contributed by atoms with Crippen LogP contribution in [0.5, 0.6) is 28.7 Å². The number of amides is 4. The molecular formula is C122H129ClF3N11O11S. The first-order valence-electron chi connectivity index (χ1n) is 52.7. The van der Waals surface area contributed by atoms with Gasteiger partial charge in [0.2, 0.25) is 10.0 Å². The fraction of sp³-hybridized carbons (Fsp3) is 0.377. The summed E-state index contributed by atoms with van der Waals surface area (Å²) in [7, 11) is -3.51. The van der Waals surface area contributed by atoms with Gasteiger partial charge in [-0.3, -0.25) is 19.2 Å². The minimum atomic E-state index is -3.51. The van der Waals surface area contributed by atoms with Gasteiger partial charge in [-0.2, -0.15) is 4.31 Å². The molecule has 0 radical (unpaired) electrons. The predicted molar refractivity (Wildman–Crippen MR) is 570 cm³/mol. The molecule has 0 N–H and O–H groups in total. The molecule has 10 aliphatic rings. The van der Waals surface area contributed by atoms with E-state index in [4.69, 9.17) is 35.3 Å². The molecule has 10 fully saturated rings. The molecule has 3 aromatic heterocycles. The lowest BCUT2D eigenvalue weighted by atomic mass is 9.89. The minimum Gasteiger partial charge on any atom is -0.493 e. The van der Waals surface area contributed by atoms with Gasteiger partial charge >= 0.3 is 0 Å². The summed E-state index contributed by atoms with van der Waals surface area (Å²) in [4.78, 5) is 89.9. The second kappa shape index (κ2) is 47.4. The van der Waals surface area contributed by atoms with Gasteiger partial charge in [-0.15, -0.1) is 0 Å². The van der Waals surface area contributed by atoms with Crippen molar-refractivity contribution in [2.45, 2.75) is 235 Å². The molecule has 0 spiro atoms. The SMILES string of the molecule is Cc1ccc(-c2ncccn2)c(C(=O)N2C3CC[C@H]2CCC3COc2ccc(Cl)cc2F)c1.Cc1ccc(-c2ncccn2)c(C(=O)N2C3CC[C@H]2CCC3COc2ccccc2)c1.Cc1ccc(OCC2CC[C@@H]3CCC2N3C(=O)c2cc(C)ccc2-c2ncccn2)cc1.Cc1cccc(C(=O)N2C3CCC2[C@@H](COc2ccc(F)cc2)CC3)c1.Cc1cccc(S(=O)(=O)N2C3CCC2[C@@H](COc2ccc(F)cc2)CC3)c1. The minimum absolute atomic E-state index is 0.0102. The highest BCUT2D eigenvalue weighted by Crippen LogP contribution is 2.49. The van der Waals surface area contributed by atoms with Crippen molar-refractivity contribution in [3.05, 3.63) is 358 Å². The highest BCUT2D eigenvalue weighted by Gasteiger charge is 2.52. The van der Waals surface area contributed by atoms with Gasteiger partial charge in [0.25, 0.3) is 23.6 Å². The maximum absolute atomic E-state index is 14.2. The summed E-state index contributed by atoms with van der Waals surface area (Å²) in [5.41, 5.74) is 11.6. The molecule has 13 heterocycles.